The molecule has 1 aromatic heterocycles. The summed E-state index contributed by atoms with van der Waals surface area (Å²) < 4.78 is 5.40. The number of aryl methyl sites for hydroxylation is 1. The van der Waals surface area contributed by atoms with Crippen molar-refractivity contribution in [3.05, 3.63) is 22.1 Å². The highest BCUT2D eigenvalue weighted by atomic mass is 16.5. The summed E-state index contributed by atoms with van der Waals surface area (Å²) >= 11 is 0. The summed E-state index contributed by atoms with van der Waals surface area (Å²) in [6.07, 6.45) is 3.20. The molecule has 1 aromatic rings. The van der Waals surface area contributed by atoms with Gasteiger partial charge < -0.3 is 15.0 Å². The fourth-order valence-corrected chi connectivity index (χ4v) is 3.03. The average molecular weight is 306 g/mol. The maximum Gasteiger partial charge on any atom is 0.252 e. The van der Waals surface area contributed by atoms with E-state index in [-0.39, 0.29) is 23.6 Å². The van der Waals surface area contributed by atoms with Crippen LogP contribution in [0.2, 0.25) is 0 Å². The van der Waals surface area contributed by atoms with Gasteiger partial charge in [-0.15, -0.1) is 0 Å². The minimum Gasteiger partial charge on any atom is -0.368 e. The quantitative estimate of drug-likeness (QED) is 0.841. The number of piperidine rings is 1. The summed E-state index contributed by atoms with van der Waals surface area (Å²) in [6, 6.07) is 1.66. The average Bonchev–Trinajstić information content (AvgIpc) is 3.01. The predicted octanol–water partition coefficient (Wildman–Crippen LogP) is 0.342. The van der Waals surface area contributed by atoms with E-state index in [0.29, 0.717) is 18.2 Å². The van der Waals surface area contributed by atoms with Gasteiger partial charge in [0, 0.05) is 37.5 Å². The van der Waals surface area contributed by atoms with Gasteiger partial charge in [0.1, 0.15) is 6.10 Å². The second-order valence-electron chi connectivity index (χ2n) is 5.98. The number of aromatic amines is 1. The molecule has 22 heavy (non-hydrogen) atoms. The monoisotopic (exact) mass is 306 g/mol. The van der Waals surface area contributed by atoms with Gasteiger partial charge in [-0.05, 0) is 32.6 Å². The summed E-state index contributed by atoms with van der Waals surface area (Å²) in [5.74, 6) is 0.631. The van der Waals surface area contributed by atoms with Crippen LogP contribution in [0.1, 0.15) is 31.4 Å². The normalized spacial score (nSPS) is 22.8. The van der Waals surface area contributed by atoms with Gasteiger partial charge in [-0.25, -0.2) is 4.98 Å². The van der Waals surface area contributed by atoms with Crippen molar-refractivity contribution >= 4 is 11.9 Å². The number of ether oxygens (including phenoxy) is 1. The molecular weight excluding hydrogens is 284 g/mol. The largest absolute Gasteiger partial charge is 0.368 e. The van der Waals surface area contributed by atoms with E-state index >= 15 is 0 Å². The van der Waals surface area contributed by atoms with Crippen LogP contribution >= 0.6 is 0 Å². The Morgan fingerprint density at radius 1 is 1.41 bits per heavy atom. The Kier molecular flexibility index (Phi) is 4.42. The van der Waals surface area contributed by atoms with Crippen LogP contribution in [-0.2, 0) is 9.53 Å². The lowest BCUT2D eigenvalue weighted by Crippen LogP contribution is -2.48. The molecule has 0 aliphatic carbocycles. The zero-order valence-electron chi connectivity index (χ0n) is 12.8. The van der Waals surface area contributed by atoms with E-state index in [1.54, 1.807) is 0 Å². The number of hydrogen-bond acceptors (Lipinski definition) is 5. The van der Waals surface area contributed by atoms with Crippen molar-refractivity contribution in [1.29, 1.82) is 0 Å². The Hall–Kier alpha value is -1.89. The third kappa shape index (κ3) is 3.47. The number of hydrogen-bond donors (Lipinski definition) is 2. The van der Waals surface area contributed by atoms with Gasteiger partial charge in [0.2, 0.25) is 11.9 Å². The molecule has 3 rings (SSSR count). The first-order chi connectivity index (χ1) is 10.6. The second-order valence-corrected chi connectivity index (χ2v) is 5.98. The number of H-pyrrole nitrogens is 1. The van der Waals surface area contributed by atoms with E-state index < -0.39 is 0 Å². The molecule has 2 aliphatic heterocycles. The summed E-state index contributed by atoms with van der Waals surface area (Å²) in [4.78, 5) is 32.8. The van der Waals surface area contributed by atoms with Crippen molar-refractivity contribution < 1.29 is 9.53 Å². The molecule has 0 radical (unpaired) electrons. The number of rotatable bonds is 3. The molecule has 0 aromatic carbocycles. The van der Waals surface area contributed by atoms with Crippen LogP contribution in [0.4, 0.5) is 5.95 Å². The van der Waals surface area contributed by atoms with Crippen molar-refractivity contribution in [2.24, 2.45) is 0 Å². The highest BCUT2D eigenvalue weighted by Gasteiger charge is 2.27. The molecule has 2 N–H and O–H groups in total. The molecule has 7 heteroatoms. The molecule has 2 saturated heterocycles. The Balaban J connectivity index is 1.53. The Bertz CT molecular complexity index is 587. The molecule has 1 unspecified atom stereocenters. The summed E-state index contributed by atoms with van der Waals surface area (Å²) in [5, 5.41) is 3.07. The summed E-state index contributed by atoms with van der Waals surface area (Å²) in [7, 11) is 0. The highest BCUT2D eigenvalue weighted by molar-refractivity contribution is 5.81. The maximum atomic E-state index is 12.0. The highest BCUT2D eigenvalue weighted by Crippen LogP contribution is 2.17. The third-order valence-electron chi connectivity index (χ3n) is 4.22. The first kappa shape index (κ1) is 15.0. The number of aromatic nitrogens is 2. The van der Waals surface area contributed by atoms with Crippen LogP contribution in [0, 0.1) is 6.92 Å². The minimum absolute atomic E-state index is 0.0121. The molecule has 7 nitrogen and oxygen atoms in total. The zero-order valence-corrected chi connectivity index (χ0v) is 12.8. The first-order valence-electron chi connectivity index (χ1n) is 7.87. The van der Waals surface area contributed by atoms with Gasteiger partial charge in [0.15, 0.2) is 0 Å². The zero-order chi connectivity index (χ0) is 15.5. The van der Waals surface area contributed by atoms with Crippen LogP contribution < -0.4 is 15.8 Å². The van der Waals surface area contributed by atoms with Crippen LogP contribution in [0.25, 0.3) is 0 Å². The van der Waals surface area contributed by atoms with E-state index in [1.165, 1.54) is 6.07 Å². The molecule has 1 atom stereocenters. The van der Waals surface area contributed by atoms with E-state index in [0.717, 1.165) is 38.8 Å². The molecule has 2 fully saturated rings. The van der Waals surface area contributed by atoms with Gasteiger partial charge in [0.25, 0.3) is 5.56 Å². The van der Waals surface area contributed by atoms with Crippen LogP contribution in [-0.4, -0.2) is 47.7 Å². The molecular formula is C15H22N4O3. The molecule has 2 aliphatic rings. The fourth-order valence-electron chi connectivity index (χ4n) is 3.03. The Morgan fingerprint density at radius 2 is 2.18 bits per heavy atom. The number of nitrogens with zero attached hydrogens (tertiary/aromatic N) is 2. The van der Waals surface area contributed by atoms with E-state index in [1.807, 2.05) is 6.92 Å². The molecule has 0 bridgehead atoms. The molecule has 0 spiro atoms. The topological polar surface area (TPSA) is 87.3 Å². The van der Waals surface area contributed by atoms with Gasteiger partial charge in [-0.1, -0.05) is 0 Å². The molecule has 3 heterocycles. The van der Waals surface area contributed by atoms with Crippen LogP contribution in [0.3, 0.4) is 0 Å². The van der Waals surface area contributed by atoms with E-state index in [4.69, 9.17) is 4.74 Å². The predicted molar refractivity (Wildman–Crippen MR) is 81.9 cm³/mol. The lowest BCUT2D eigenvalue weighted by Gasteiger charge is -2.33. The number of nitrogens with one attached hydrogen (secondary N) is 2. The lowest BCUT2D eigenvalue weighted by atomic mass is 10.0. The second kappa shape index (κ2) is 6.48. The third-order valence-corrected chi connectivity index (χ3v) is 4.22. The Labute approximate surface area is 129 Å². The summed E-state index contributed by atoms with van der Waals surface area (Å²) in [5.41, 5.74) is 0.587. The van der Waals surface area contributed by atoms with Crippen LogP contribution in [0.15, 0.2) is 10.9 Å². The van der Waals surface area contributed by atoms with Crippen molar-refractivity contribution in [2.75, 3.05) is 24.6 Å². The van der Waals surface area contributed by atoms with E-state index in [9.17, 15) is 9.59 Å². The van der Waals surface area contributed by atoms with E-state index in [2.05, 4.69) is 20.2 Å². The van der Waals surface area contributed by atoms with Crippen LogP contribution in [0.5, 0.6) is 0 Å². The Morgan fingerprint density at radius 3 is 2.82 bits per heavy atom. The van der Waals surface area contributed by atoms with Gasteiger partial charge in [-0.2, -0.15) is 0 Å². The van der Waals surface area contributed by atoms with Crippen molar-refractivity contribution in [1.82, 2.24) is 15.3 Å². The van der Waals surface area contributed by atoms with Gasteiger partial charge >= 0.3 is 0 Å². The number of amides is 1. The molecule has 0 saturated carbocycles. The number of carbonyl (C=O) groups is 1. The lowest BCUT2D eigenvalue weighted by molar-refractivity contribution is -0.130. The van der Waals surface area contributed by atoms with Crippen molar-refractivity contribution in [2.45, 2.75) is 44.8 Å². The number of anilines is 1. The molecule has 1 amide bonds. The molecule has 120 valence electrons. The minimum atomic E-state index is -0.271. The SMILES string of the molecule is Cc1cc(=O)[nH]c(N2CCC(NC(=O)C3CCCO3)CC2)n1. The fraction of sp³-hybridized carbons (Fsp3) is 0.667. The first-order valence-corrected chi connectivity index (χ1v) is 7.87. The van der Waals surface area contributed by atoms with Crippen molar-refractivity contribution in [3.8, 4) is 0 Å². The maximum absolute atomic E-state index is 12.0. The van der Waals surface area contributed by atoms with Gasteiger partial charge in [-0.3, -0.25) is 14.6 Å². The van der Waals surface area contributed by atoms with Gasteiger partial charge in [0.05, 0.1) is 0 Å². The smallest absolute Gasteiger partial charge is 0.252 e. The number of carbonyl (C=O) groups excluding carboxylic acids is 1. The standard InChI is InChI=1S/C15H22N4O3/c1-10-9-13(20)18-15(16-10)19-6-4-11(5-7-19)17-14(21)12-3-2-8-22-12/h9,11-12H,2-8H2,1H3,(H,17,21)(H,16,18,20). The summed E-state index contributed by atoms with van der Waals surface area (Å²) in [6.45, 7) is 4.03. The van der Waals surface area contributed by atoms with Crippen molar-refractivity contribution in [3.63, 3.8) is 0 Å².